The van der Waals surface area contributed by atoms with Crippen LogP contribution in [0.1, 0.15) is 36.5 Å². The monoisotopic (exact) mass is 349 g/mol. The third-order valence-corrected chi connectivity index (χ3v) is 5.07. The van der Waals surface area contributed by atoms with Gasteiger partial charge < -0.3 is 4.42 Å². The van der Waals surface area contributed by atoms with Gasteiger partial charge in [0.15, 0.2) is 11.8 Å². The number of aromatic nitrogens is 2. The van der Waals surface area contributed by atoms with E-state index in [1.165, 1.54) is 5.56 Å². The lowest BCUT2D eigenvalue weighted by atomic mass is 9.97. The molecule has 0 N–H and O–H groups in total. The summed E-state index contributed by atoms with van der Waals surface area (Å²) in [5.74, 6) is -0.0502. The van der Waals surface area contributed by atoms with Crippen molar-refractivity contribution in [2.75, 3.05) is 0 Å². The molecule has 0 atom stereocenters. The molecule has 0 aliphatic rings. The zero-order valence-electron chi connectivity index (χ0n) is 15.7. The summed E-state index contributed by atoms with van der Waals surface area (Å²) in [6.45, 7) is 8.16. The maximum atomic E-state index is 13.9. The molecule has 0 aliphatic carbocycles. The molecule has 0 unspecified atom stereocenters. The zero-order chi connectivity index (χ0) is 18.6. The lowest BCUT2D eigenvalue weighted by molar-refractivity contribution is -0.660. The van der Waals surface area contributed by atoms with Crippen molar-refractivity contribution in [1.82, 2.24) is 4.98 Å². The summed E-state index contributed by atoms with van der Waals surface area (Å²) in [4.78, 5) is 4.00. The maximum Gasteiger partial charge on any atom is 0.230 e. The van der Waals surface area contributed by atoms with Crippen molar-refractivity contribution in [3.05, 3.63) is 59.2 Å². The minimum atomic E-state index is -0.484. The van der Waals surface area contributed by atoms with Crippen molar-refractivity contribution in [2.24, 2.45) is 7.05 Å². The van der Waals surface area contributed by atoms with Crippen LogP contribution in [-0.4, -0.2) is 4.98 Å². The molecular formula is C22H22FN2O+. The van der Waals surface area contributed by atoms with Crippen LogP contribution in [0, 0.1) is 19.8 Å². The van der Waals surface area contributed by atoms with Crippen molar-refractivity contribution in [2.45, 2.75) is 33.6 Å². The fourth-order valence-corrected chi connectivity index (χ4v) is 3.45. The molecule has 3 heterocycles. The van der Waals surface area contributed by atoms with E-state index in [0.717, 1.165) is 33.2 Å². The van der Waals surface area contributed by atoms with Gasteiger partial charge >= 0.3 is 0 Å². The number of rotatable bonds is 2. The fourth-order valence-electron chi connectivity index (χ4n) is 3.45. The van der Waals surface area contributed by atoms with Gasteiger partial charge in [-0.1, -0.05) is 26.0 Å². The Morgan fingerprint density at radius 2 is 1.81 bits per heavy atom. The van der Waals surface area contributed by atoms with Gasteiger partial charge in [0.25, 0.3) is 0 Å². The molecule has 4 heteroatoms. The summed E-state index contributed by atoms with van der Waals surface area (Å²) in [5.41, 5.74) is 6.12. The molecule has 0 saturated carbocycles. The summed E-state index contributed by atoms with van der Waals surface area (Å²) in [6.07, 6.45) is 2.08. The topological polar surface area (TPSA) is 29.9 Å². The maximum absolute atomic E-state index is 13.9. The number of hydrogen-bond donors (Lipinski definition) is 0. The van der Waals surface area contributed by atoms with Crippen LogP contribution in [0.4, 0.5) is 4.39 Å². The van der Waals surface area contributed by atoms with Crippen molar-refractivity contribution in [3.8, 4) is 11.3 Å². The highest BCUT2D eigenvalue weighted by Crippen LogP contribution is 2.37. The van der Waals surface area contributed by atoms with Crippen LogP contribution in [0.15, 0.2) is 40.9 Å². The number of nitrogens with zero attached hydrogens (tertiary/aromatic N) is 2. The van der Waals surface area contributed by atoms with Crippen molar-refractivity contribution < 1.29 is 13.4 Å². The number of benzene rings is 1. The van der Waals surface area contributed by atoms with E-state index in [0.29, 0.717) is 17.2 Å². The van der Waals surface area contributed by atoms with Crippen LogP contribution < -0.4 is 4.57 Å². The highest BCUT2D eigenvalue weighted by Gasteiger charge is 2.22. The number of furan rings is 1. The second-order valence-electron chi connectivity index (χ2n) is 7.30. The second kappa shape index (κ2) is 5.90. The quantitative estimate of drug-likeness (QED) is 0.360. The van der Waals surface area contributed by atoms with Gasteiger partial charge in [0.2, 0.25) is 17.4 Å². The van der Waals surface area contributed by atoms with Crippen molar-refractivity contribution in [1.29, 1.82) is 0 Å². The second-order valence-corrected chi connectivity index (χ2v) is 7.30. The van der Waals surface area contributed by atoms with Crippen LogP contribution in [0.5, 0.6) is 0 Å². The first-order valence-corrected chi connectivity index (χ1v) is 8.85. The molecule has 4 aromatic rings. The third-order valence-electron chi connectivity index (χ3n) is 5.07. The first-order valence-electron chi connectivity index (χ1n) is 8.85. The number of hydrogen-bond acceptors (Lipinski definition) is 2. The summed E-state index contributed by atoms with van der Waals surface area (Å²) >= 11 is 0. The van der Waals surface area contributed by atoms with Gasteiger partial charge in [-0.15, -0.1) is 0 Å². The first kappa shape index (κ1) is 16.7. The van der Waals surface area contributed by atoms with Crippen LogP contribution in [0.3, 0.4) is 0 Å². The lowest BCUT2D eigenvalue weighted by Crippen LogP contribution is -2.31. The first-order chi connectivity index (χ1) is 12.4. The van der Waals surface area contributed by atoms with Crippen LogP contribution >= 0.6 is 0 Å². The Labute approximate surface area is 152 Å². The van der Waals surface area contributed by atoms with Gasteiger partial charge in [0.05, 0.1) is 5.56 Å². The molecular weight excluding hydrogens is 327 g/mol. The smallest absolute Gasteiger partial charge is 0.230 e. The van der Waals surface area contributed by atoms with Gasteiger partial charge in [0.1, 0.15) is 7.05 Å². The molecule has 0 spiro atoms. The Kier molecular flexibility index (Phi) is 3.79. The predicted octanol–water partition coefficient (Wildman–Crippen LogP) is 5.35. The number of aryl methyl sites for hydroxylation is 3. The SMILES string of the molecule is Cc1cc2c(nc1F)oc1c(-c3cc(C(C)C)cc[n+]3C)c(C)ccc12. The lowest BCUT2D eigenvalue weighted by Gasteiger charge is -2.09. The highest BCUT2D eigenvalue weighted by atomic mass is 19.1. The zero-order valence-corrected chi connectivity index (χ0v) is 15.7. The molecule has 0 bridgehead atoms. The average Bonchev–Trinajstić information content (AvgIpc) is 2.93. The fraction of sp³-hybridized carbons (Fsp3) is 0.273. The normalized spacial score (nSPS) is 11.8. The average molecular weight is 349 g/mol. The molecule has 26 heavy (non-hydrogen) atoms. The molecule has 0 fully saturated rings. The van der Waals surface area contributed by atoms with E-state index in [-0.39, 0.29) is 0 Å². The van der Waals surface area contributed by atoms with Gasteiger partial charge in [-0.3, -0.25) is 0 Å². The summed E-state index contributed by atoms with van der Waals surface area (Å²) in [7, 11) is 2.03. The summed E-state index contributed by atoms with van der Waals surface area (Å²) in [5, 5.41) is 1.81. The number of halogens is 1. The predicted molar refractivity (Wildman–Crippen MR) is 102 cm³/mol. The molecule has 1 aromatic carbocycles. The van der Waals surface area contributed by atoms with E-state index in [2.05, 4.69) is 54.7 Å². The Hall–Kier alpha value is -2.75. The van der Waals surface area contributed by atoms with E-state index in [9.17, 15) is 4.39 Å². The molecule has 0 aliphatic heterocycles. The van der Waals surface area contributed by atoms with E-state index >= 15 is 0 Å². The van der Waals surface area contributed by atoms with Crippen molar-refractivity contribution in [3.63, 3.8) is 0 Å². The molecule has 0 radical (unpaired) electrons. The van der Waals surface area contributed by atoms with Gasteiger partial charge in [-0.2, -0.15) is 9.37 Å². The number of fused-ring (bicyclic) bond motifs is 3. The van der Waals surface area contributed by atoms with Crippen LogP contribution in [0.2, 0.25) is 0 Å². The standard InChI is InChI=1S/C22H22FN2O/c1-12(2)15-8-9-25(5)18(11-15)19-13(3)6-7-16-17-10-14(4)21(23)24-22(17)26-20(16)19/h6-12H,1-5H3/q+1. The van der Waals surface area contributed by atoms with Crippen LogP contribution in [-0.2, 0) is 7.05 Å². The molecule has 3 nitrogen and oxygen atoms in total. The summed E-state index contributed by atoms with van der Waals surface area (Å²) < 4.78 is 22.1. The van der Waals surface area contributed by atoms with Crippen molar-refractivity contribution >= 4 is 22.1 Å². The third kappa shape index (κ3) is 2.48. The van der Waals surface area contributed by atoms with E-state index in [1.807, 2.05) is 19.2 Å². The molecule has 0 saturated heterocycles. The van der Waals surface area contributed by atoms with Gasteiger partial charge in [-0.05, 0) is 37.0 Å². The molecule has 4 rings (SSSR count). The van der Waals surface area contributed by atoms with Gasteiger partial charge in [-0.25, -0.2) is 4.57 Å². The molecule has 132 valence electrons. The van der Waals surface area contributed by atoms with Crippen LogP contribution in [0.25, 0.3) is 33.3 Å². The Morgan fingerprint density at radius 3 is 2.54 bits per heavy atom. The molecule has 0 amide bonds. The summed E-state index contributed by atoms with van der Waals surface area (Å²) in [6, 6.07) is 10.3. The van der Waals surface area contributed by atoms with E-state index in [4.69, 9.17) is 4.42 Å². The Bertz CT molecular complexity index is 1160. The number of pyridine rings is 2. The van der Waals surface area contributed by atoms with Gasteiger partial charge in [0, 0.05) is 28.5 Å². The van der Waals surface area contributed by atoms with E-state index < -0.39 is 5.95 Å². The Morgan fingerprint density at radius 1 is 1.04 bits per heavy atom. The van der Waals surface area contributed by atoms with E-state index in [1.54, 1.807) is 6.92 Å². The highest BCUT2D eigenvalue weighted by molar-refractivity contribution is 6.08. The Balaban J connectivity index is 2.10. The minimum Gasteiger partial charge on any atom is -0.437 e. The largest absolute Gasteiger partial charge is 0.437 e. The minimum absolute atomic E-state index is 0.345. The molecule has 3 aromatic heterocycles.